The van der Waals surface area contributed by atoms with E-state index in [2.05, 4.69) is 10.6 Å². The first kappa shape index (κ1) is 15.3. The van der Waals surface area contributed by atoms with Crippen molar-refractivity contribution in [2.75, 3.05) is 0 Å². The van der Waals surface area contributed by atoms with E-state index >= 15 is 0 Å². The van der Waals surface area contributed by atoms with Crippen LogP contribution in [0.2, 0.25) is 0 Å². The molecule has 0 radical (unpaired) electrons. The highest BCUT2D eigenvalue weighted by Crippen LogP contribution is 2.07. The Hall–Kier alpha value is -2.14. The van der Waals surface area contributed by atoms with Crippen LogP contribution in [0.1, 0.15) is 28.6 Å². The zero-order valence-corrected chi connectivity index (χ0v) is 12.7. The van der Waals surface area contributed by atoms with Gasteiger partial charge in [-0.2, -0.15) is 0 Å². The van der Waals surface area contributed by atoms with Gasteiger partial charge in [-0.15, -0.1) is 11.3 Å². The minimum atomic E-state index is -0.207. The first-order valence-corrected chi connectivity index (χ1v) is 7.68. The molecule has 0 fully saturated rings. The van der Waals surface area contributed by atoms with Crippen molar-refractivity contribution in [3.63, 3.8) is 0 Å². The van der Waals surface area contributed by atoms with Gasteiger partial charge in [0.05, 0.1) is 6.54 Å². The van der Waals surface area contributed by atoms with Crippen LogP contribution in [0.5, 0.6) is 0 Å². The average Bonchev–Trinajstić information content (AvgIpc) is 2.99. The van der Waals surface area contributed by atoms with Crippen LogP contribution in [0.4, 0.5) is 0 Å². The number of carbonyl (C=O) groups excluding carboxylic acids is 2. The van der Waals surface area contributed by atoms with Crippen LogP contribution in [0, 0.1) is 0 Å². The number of carbonyl (C=O) groups is 2. The van der Waals surface area contributed by atoms with E-state index in [1.54, 1.807) is 23.5 Å². The van der Waals surface area contributed by atoms with Crippen LogP contribution >= 0.6 is 11.3 Å². The lowest BCUT2D eigenvalue weighted by Crippen LogP contribution is -2.37. The van der Waals surface area contributed by atoms with E-state index in [1.807, 2.05) is 42.6 Å². The predicted octanol–water partition coefficient (Wildman–Crippen LogP) is 2.57. The summed E-state index contributed by atoms with van der Waals surface area (Å²) in [6.45, 7) is 2.36. The van der Waals surface area contributed by atoms with Gasteiger partial charge in [0.15, 0.2) is 0 Å². The van der Waals surface area contributed by atoms with Gasteiger partial charge < -0.3 is 10.6 Å². The number of hydrogen-bond acceptors (Lipinski definition) is 3. The van der Waals surface area contributed by atoms with E-state index in [1.165, 1.54) is 0 Å². The summed E-state index contributed by atoms with van der Waals surface area (Å²) in [6.07, 6.45) is 0.268. The van der Waals surface area contributed by atoms with E-state index in [9.17, 15) is 9.59 Å². The number of amides is 2. The highest BCUT2D eigenvalue weighted by molar-refractivity contribution is 7.09. The number of rotatable bonds is 6. The summed E-state index contributed by atoms with van der Waals surface area (Å²) in [5.41, 5.74) is 0.600. The standard InChI is InChI=1S/C16H18N2O2S/c1-12(18-16(20)13-6-3-2-4-7-13)10-15(19)17-11-14-8-5-9-21-14/h2-9,12H,10-11H2,1H3,(H,17,19)(H,18,20). The van der Waals surface area contributed by atoms with Gasteiger partial charge in [-0.3, -0.25) is 9.59 Å². The van der Waals surface area contributed by atoms with E-state index in [-0.39, 0.29) is 24.3 Å². The Morgan fingerprint density at radius 3 is 2.57 bits per heavy atom. The summed E-state index contributed by atoms with van der Waals surface area (Å²) >= 11 is 1.61. The lowest BCUT2D eigenvalue weighted by Gasteiger charge is -2.13. The molecule has 4 nitrogen and oxygen atoms in total. The number of nitrogens with one attached hydrogen (secondary N) is 2. The first-order valence-electron chi connectivity index (χ1n) is 6.80. The summed E-state index contributed by atoms with van der Waals surface area (Å²) in [7, 11) is 0. The van der Waals surface area contributed by atoms with Gasteiger partial charge in [-0.1, -0.05) is 24.3 Å². The molecule has 0 saturated heterocycles. The molecule has 110 valence electrons. The summed E-state index contributed by atoms with van der Waals surface area (Å²) in [5, 5.41) is 7.65. The maximum atomic E-state index is 11.9. The molecule has 0 bridgehead atoms. The van der Waals surface area contributed by atoms with Gasteiger partial charge in [0, 0.05) is 22.9 Å². The molecule has 21 heavy (non-hydrogen) atoms. The van der Waals surface area contributed by atoms with Gasteiger partial charge in [0.1, 0.15) is 0 Å². The molecule has 0 spiro atoms. The van der Waals surface area contributed by atoms with E-state index in [0.29, 0.717) is 12.1 Å². The number of thiophene rings is 1. The third-order valence-electron chi connectivity index (χ3n) is 2.94. The first-order chi connectivity index (χ1) is 10.1. The fraction of sp³-hybridized carbons (Fsp3) is 0.250. The van der Waals surface area contributed by atoms with Crippen LogP contribution < -0.4 is 10.6 Å². The molecule has 2 aromatic rings. The fourth-order valence-corrected chi connectivity index (χ4v) is 2.54. The molecule has 1 aromatic heterocycles. The second-order valence-corrected chi connectivity index (χ2v) is 5.83. The van der Waals surface area contributed by atoms with Gasteiger partial charge in [0.25, 0.3) is 5.91 Å². The monoisotopic (exact) mass is 302 g/mol. The zero-order chi connectivity index (χ0) is 15.1. The van der Waals surface area contributed by atoms with Crippen LogP contribution in [-0.4, -0.2) is 17.9 Å². The molecule has 0 saturated carbocycles. The fourth-order valence-electron chi connectivity index (χ4n) is 1.90. The molecule has 2 amide bonds. The van der Waals surface area contributed by atoms with E-state index < -0.39 is 0 Å². The third-order valence-corrected chi connectivity index (χ3v) is 3.82. The molecule has 1 heterocycles. The van der Waals surface area contributed by atoms with Crippen LogP contribution in [0.3, 0.4) is 0 Å². The Kier molecular flexibility index (Phi) is 5.51. The van der Waals surface area contributed by atoms with Crippen molar-refractivity contribution in [3.8, 4) is 0 Å². The highest BCUT2D eigenvalue weighted by Gasteiger charge is 2.12. The van der Waals surface area contributed by atoms with Gasteiger partial charge in [-0.05, 0) is 30.5 Å². The summed E-state index contributed by atoms with van der Waals surface area (Å²) < 4.78 is 0. The van der Waals surface area contributed by atoms with Crippen molar-refractivity contribution >= 4 is 23.2 Å². The quantitative estimate of drug-likeness (QED) is 0.861. The van der Waals surface area contributed by atoms with Crippen molar-refractivity contribution in [2.24, 2.45) is 0 Å². The Morgan fingerprint density at radius 1 is 1.14 bits per heavy atom. The third kappa shape index (κ3) is 5.04. The number of hydrogen-bond donors (Lipinski definition) is 2. The summed E-state index contributed by atoms with van der Waals surface area (Å²) in [6, 6.07) is 12.7. The minimum Gasteiger partial charge on any atom is -0.351 e. The summed E-state index contributed by atoms with van der Waals surface area (Å²) in [4.78, 5) is 24.9. The molecule has 1 aromatic carbocycles. The van der Waals surface area contributed by atoms with Gasteiger partial charge in [0.2, 0.25) is 5.91 Å². The largest absolute Gasteiger partial charge is 0.351 e. The van der Waals surface area contributed by atoms with Crippen LogP contribution in [-0.2, 0) is 11.3 Å². The van der Waals surface area contributed by atoms with Crippen molar-refractivity contribution in [3.05, 3.63) is 58.3 Å². The Morgan fingerprint density at radius 2 is 1.90 bits per heavy atom. The SMILES string of the molecule is CC(CC(=O)NCc1cccs1)NC(=O)c1ccccc1. The lowest BCUT2D eigenvalue weighted by molar-refractivity contribution is -0.121. The molecule has 2 rings (SSSR count). The van der Waals surface area contributed by atoms with E-state index in [4.69, 9.17) is 0 Å². The Balaban J connectivity index is 1.74. The van der Waals surface area contributed by atoms with Crippen molar-refractivity contribution < 1.29 is 9.59 Å². The lowest BCUT2D eigenvalue weighted by atomic mass is 10.1. The van der Waals surface area contributed by atoms with Gasteiger partial charge >= 0.3 is 0 Å². The smallest absolute Gasteiger partial charge is 0.251 e. The van der Waals surface area contributed by atoms with E-state index in [0.717, 1.165) is 4.88 Å². The van der Waals surface area contributed by atoms with Crippen molar-refractivity contribution in [2.45, 2.75) is 25.9 Å². The normalized spacial score (nSPS) is 11.7. The second-order valence-electron chi connectivity index (χ2n) is 4.80. The molecule has 0 aliphatic heterocycles. The maximum absolute atomic E-state index is 11.9. The van der Waals surface area contributed by atoms with Gasteiger partial charge in [-0.25, -0.2) is 0 Å². The predicted molar refractivity (Wildman–Crippen MR) is 84.2 cm³/mol. The molecule has 1 atom stereocenters. The molecule has 0 aliphatic carbocycles. The number of benzene rings is 1. The highest BCUT2D eigenvalue weighted by atomic mass is 32.1. The molecule has 1 unspecified atom stereocenters. The molecule has 2 N–H and O–H groups in total. The topological polar surface area (TPSA) is 58.2 Å². The summed E-state index contributed by atoms with van der Waals surface area (Å²) in [5.74, 6) is -0.224. The maximum Gasteiger partial charge on any atom is 0.251 e. The minimum absolute atomic E-state index is 0.0655. The van der Waals surface area contributed by atoms with Crippen LogP contribution in [0.25, 0.3) is 0 Å². The zero-order valence-electron chi connectivity index (χ0n) is 11.8. The van der Waals surface area contributed by atoms with Crippen molar-refractivity contribution in [1.29, 1.82) is 0 Å². The second kappa shape index (κ2) is 7.59. The Labute approximate surface area is 128 Å². The van der Waals surface area contributed by atoms with Crippen molar-refractivity contribution in [1.82, 2.24) is 10.6 Å². The average molecular weight is 302 g/mol. The Bertz CT molecular complexity index is 582. The molecule has 5 heteroatoms. The van der Waals surface area contributed by atoms with Crippen LogP contribution in [0.15, 0.2) is 47.8 Å². The molecular weight excluding hydrogens is 284 g/mol. The molecule has 0 aliphatic rings. The molecular formula is C16H18N2O2S.